The number of amides is 2. The lowest BCUT2D eigenvalue weighted by atomic mass is 10.1. The molecule has 0 saturated carbocycles. The molecule has 0 bridgehead atoms. The summed E-state index contributed by atoms with van der Waals surface area (Å²) in [5.41, 5.74) is -0.404. The van der Waals surface area contributed by atoms with Gasteiger partial charge in [0.05, 0.1) is 12.1 Å². The van der Waals surface area contributed by atoms with Gasteiger partial charge in [0.25, 0.3) is 11.8 Å². The highest BCUT2D eigenvalue weighted by Gasteiger charge is 2.31. The van der Waals surface area contributed by atoms with Crippen LogP contribution in [0.4, 0.5) is 13.2 Å². The Bertz CT molecular complexity index is 1130. The molecule has 166 valence electrons. The third-order valence-corrected chi connectivity index (χ3v) is 5.18. The molecule has 1 aliphatic heterocycles. The van der Waals surface area contributed by atoms with E-state index < -0.39 is 17.6 Å². The summed E-state index contributed by atoms with van der Waals surface area (Å²) < 4.78 is 40.8. The van der Waals surface area contributed by atoms with E-state index in [1.54, 1.807) is 12.1 Å². The van der Waals surface area contributed by atoms with E-state index in [0.717, 1.165) is 12.1 Å². The number of aromatic nitrogens is 4. The molecule has 3 heterocycles. The first-order chi connectivity index (χ1) is 15.3. The Kier molecular flexibility index (Phi) is 5.89. The number of alkyl halides is 3. The number of fused-ring (bicyclic) bond motifs is 1. The number of benzene rings is 1. The fourth-order valence-corrected chi connectivity index (χ4v) is 3.49. The van der Waals surface area contributed by atoms with Crippen LogP contribution in [0.25, 0.3) is 0 Å². The summed E-state index contributed by atoms with van der Waals surface area (Å²) in [7, 11) is 0. The maximum Gasteiger partial charge on any atom is 0.416 e. The molecular formula is C21H19F3N6O2. The molecular weight excluding hydrogens is 425 g/mol. The van der Waals surface area contributed by atoms with Crippen molar-refractivity contribution in [3.8, 4) is 0 Å². The normalized spacial score (nSPS) is 13.9. The lowest BCUT2D eigenvalue weighted by Crippen LogP contribution is -2.34. The summed E-state index contributed by atoms with van der Waals surface area (Å²) in [5, 5.41) is 11.0. The summed E-state index contributed by atoms with van der Waals surface area (Å²) >= 11 is 0. The molecule has 1 N–H and O–H groups in total. The predicted molar refractivity (Wildman–Crippen MR) is 106 cm³/mol. The van der Waals surface area contributed by atoms with Crippen LogP contribution in [0.2, 0.25) is 0 Å². The van der Waals surface area contributed by atoms with Crippen LogP contribution in [0.1, 0.15) is 37.9 Å². The summed E-state index contributed by atoms with van der Waals surface area (Å²) in [5.74, 6) is 0.440. The number of carbonyl (C=O) groups is 2. The molecule has 0 radical (unpaired) electrons. The molecule has 1 aromatic carbocycles. The Morgan fingerprint density at radius 1 is 1.00 bits per heavy atom. The second-order valence-electron chi connectivity index (χ2n) is 7.22. The van der Waals surface area contributed by atoms with Crippen molar-refractivity contribution in [3.05, 3.63) is 77.1 Å². The minimum Gasteiger partial charge on any atom is -0.345 e. The highest BCUT2D eigenvalue weighted by atomic mass is 19.4. The molecule has 4 rings (SSSR count). The van der Waals surface area contributed by atoms with Crippen LogP contribution in [0.3, 0.4) is 0 Å². The SMILES string of the molecule is O=C(NCc1nnc2n1CCN(C(=O)c1cccc(C(F)(F)F)c1)CC2)c1ccncc1. The number of hydrogen-bond acceptors (Lipinski definition) is 5. The highest BCUT2D eigenvalue weighted by Crippen LogP contribution is 2.29. The van der Waals surface area contributed by atoms with E-state index in [4.69, 9.17) is 0 Å². The first-order valence-corrected chi connectivity index (χ1v) is 9.88. The number of halogens is 3. The second kappa shape index (κ2) is 8.77. The average Bonchev–Trinajstić information content (AvgIpc) is 3.06. The van der Waals surface area contributed by atoms with Crippen molar-refractivity contribution in [1.82, 2.24) is 30.0 Å². The van der Waals surface area contributed by atoms with Crippen LogP contribution >= 0.6 is 0 Å². The Morgan fingerprint density at radius 2 is 1.78 bits per heavy atom. The van der Waals surface area contributed by atoms with E-state index in [1.165, 1.54) is 29.4 Å². The Hall–Kier alpha value is -3.76. The van der Waals surface area contributed by atoms with E-state index in [1.807, 2.05) is 4.57 Å². The lowest BCUT2D eigenvalue weighted by Gasteiger charge is -2.20. The molecule has 0 unspecified atom stereocenters. The molecule has 0 atom stereocenters. The van der Waals surface area contributed by atoms with E-state index in [-0.39, 0.29) is 24.6 Å². The quantitative estimate of drug-likeness (QED) is 0.667. The average molecular weight is 444 g/mol. The third kappa shape index (κ3) is 4.61. The van der Waals surface area contributed by atoms with Gasteiger partial charge in [0.15, 0.2) is 5.82 Å². The van der Waals surface area contributed by atoms with Crippen molar-refractivity contribution in [2.45, 2.75) is 25.7 Å². The minimum atomic E-state index is -4.52. The zero-order chi connectivity index (χ0) is 22.7. The molecule has 0 saturated heterocycles. The van der Waals surface area contributed by atoms with E-state index in [0.29, 0.717) is 36.7 Å². The van der Waals surface area contributed by atoms with Crippen molar-refractivity contribution in [1.29, 1.82) is 0 Å². The number of pyridine rings is 1. The summed E-state index contributed by atoms with van der Waals surface area (Å²) in [6.07, 6.45) is -1.07. The molecule has 8 nitrogen and oxygen atoms in total. The van der Waals surface area contributed by atoms with Gasteiger partial charge < -0.3 is 14.8 Å². The van der Waals surface area contributed by atoms with Crippen molar-refractivity contribution in [2.24, 2.45) is 0 Å². The van der Waals surface area contributed by atoms with Crippen molar-refractivity contribution in [2.75, 3.05) is 13.1 Å². The van der Waals surface area contributed by atoms with Gasteiger partial charge in [0, 0.05) is 49.6 Å². The van der Waals surface area contributed by atoms with Crippen molar-refractivity contribution in [3.63, 3.8) is 0 Å². The molecule has 32 heavy (non-hydrogen) atoms. The van der Waals surface area contributed by atoms with Crippen molar-refractivity contribution >= 4 is 11.8 Å². The fraction of sp³-hybridized carbons (Fsp3) is 0.286. The Labute approximate surface area is 181 Å². The maximum absolute atomic E-state index is 13.0. The number of nitrogens with zero attached hydrogens (tertiary/aromatic N) is 5. The van der Waals surface area contributed by atoms with Gasteiger partial charge in [-0.25, -0.2) is 0 Å². The van der Waals surface area contributed by atoms with E-state index >= 15 is 0 Å². The first-order valence-electron chi connectivity index (χ1n) is 9.88. The summed E-state index contributed by atoms with van der Waals surface area (Å²) in [4.78, 5) is 30.4. The van der Waals surface area contributed by atoms with E-state index in [2.05, 4.69) is 20.5 Å². The van der Waals surface area contributed by atoms with Gasteiger partial charge in [-0.05, 0) is 30.3 Å². The minimum absolute atomic E-state index is 0.0117. The number of rotatable bonds is 4. The van der Waals surface area contributed by atoms with Gasteiger partial charge >= 0.3 is 6.18 Å². The van der Waals surface area contributed by atoms with Crippen molar-refractivity contribution < 1.29 is 22.8 Å². The maximum atomic E-state index is 13.0. The van der Waals surface area contributed by atoms with E-state index in [9.17, 15) is 22.8 Å². The zero-order valence-corrected chi connectivity index (χ0v) is 16.8. The van der Waals surface area contributed by atoms with Crippen LogP contribution in [-0.4, -0.2) is 49.6 Å². The topological polar surface area (TPSA) is 93.0 Å². The largest absolute Gasteiger partial charge is 0.416 e. The number of nitrogens with one attached hydrogen (secondary N) is 1. The molecule has 11 heteroatoms. The summed E-state index contributed by atoms with van der Waals surface area (Å²) in [6.45, 7) is 1.10. The monoisotopic (exact) mass is 444 g/mol. The molecule has 0 aliphatic carbocycles. The van der Waals surface area contributed by atoms with Crippen LogP contribution in [0.5, 0.6) is 0 Å². The van der Waals surface area contributed by atoms with Crippen LogP contribution in [0, 0.1) is 0 Å². The molecule has 0 spiro atoms. The second-order valence-corrected chi connectivity index (χ2v) is 7.22. The first kappa shape index (κ1) is 21.5. The molecule has 2 amide bonds. The lowest BCUT2D eigenvalue weighted by molar-refractivity contribution is -0.137. The highest BCUT2D eigenvalue weighted by molar-refractivity contribution is 5.94. The van der Waals surface area contributed by atoms with Gasteiger partial charge in [0.2, 0.25) is 0 Å². The van der Waals surface area contributed by atoms with Crippen LogP contribution in [-0.2, 0) is 25.7 Å². The predicted octanol–water partition coefficient (Wildman–Crippen LogP) is 2.32. The van der Waals surface area contributed by atoms with Gasteiger partial charge in [0.1, 0.15) is 5.82 Å². The Morgan fingerprint density at radius 3 is 2.53 bits per heavy atom. The van der Waals surface area contributed by atoms with Crippen LogP contribution < -0.4 is 5.32 Å². The molecule has 3 aromatic rings. The number of carbonyl (C=O) groups excluding carboxylic acids is 2. The smallest absolute Gasteiger partial charge is 0.345 e. The Balaban J connectivity index is 1.42. The zero-order valence-electron chi connectivity index (χ0n) is 16.8. The molecule has 0 fully saturated rings. The molecule has 1 aliphatic rings. The standard InChI is InChI=1S/C21H19F3N6O2/c22-21(23,24)16-3-1-2-15(12-16)20(32)29-9-6-17-27-28-18(30(17)11-10-29)13-26-19(31)14-4-7-25-8-5-14/h1-5,7-8,12H,6,9-11,13H2,(H,26,31). The van der Waals surface area contributed by atoms with Crippen LogP contribution in [0.15, 0.2) is 48.8 Å². The van der Waals surface area contributed by atoms with Gasteiger partial charge in [-0.15, -0.1) is 10.2 Å². The fourth-order valence-electron chi connectivity index (χ4n) is 3.49. The van der Waals surface area contributed by atoms with Gasteiger partial charge in [-0.1, -0.05) is 6.07 Å². The van der Waals surface area contributed by atoms with Gasteiger partial charge in [-0.2, -0.15) is 13.2 Å². The molecule has 2 aromatic heterocycles. The summed E-state index contributed by atoms with van der Waals surface area (Å²) in [6, 6.07) is 7.60. The van der Waals surface area contributed by atoms with Gasteiger partial charge in [-0.3, -0.25) is 14.6 Å². The number of hydrogen-bond donors (Lipinski definition) is 1. The third-order valence-electron chi connectivity index (χ3n) is 5.18.